The van der Waals surface area contributed by atoms with Crippen LogP contribution in [0.4, 0.5) is 18.9 Å². The number of likely N-dealkylation sites (tertiary alicyclic amines) is 1. The number of halogens is 3. The Kier molecular flexibility index (Phi) is 5.99. The maximum absolute atomic E-state index is 13.6. The Morgan fingerprint density at radius 3 is 2.41 bits per heavy atom. The van der Waals surface area contributed by atoms with Crippen LogP contribution in [0, 0.1) is 6.92 Å². The molecule has 0 aromatic heterocycles. The van der Waals surface area contributed by atoms with Gasteiger partial charge in [0.15, 0.2) is 0 Å². The summed E-state index contributed by atoms with van der Waals surface area (Å²) in [5.41, 5.74) is 2.98. The van der Waals surface area contributed by atoms with Crippen LogP contribution in [0.15, 0.2) is 48.5 Å². The van der Waals surface area contributed by atoms with Crippen LogP contribution in [-0.2, 0) is 21.5 Å². The Labute approximate surface area is 185 Å². The van der Waals surface area contributed by atoms with Crippen molar-refractivity contribution in [3.8, 4) is 0 Å². The molecule has 0 saturated carbocycles. The monoisotopic (exact) mass is 445 g/mol. The molecule has 2 heterocycles. The Bertz CT molecular complexity index is 999. The minimum Gasteiger partial charge on any atom is -0.345 e. The molecule has 1 N–H and O–H groups in total. The lowest BCUT2D eigenvalue weighted by atomic mass is 9.72. The van der Waals surface area contributed by atoms with E-state index in [2.05, 4.69) is 17.0 Å². The molecule has 0 atom stereocenters. The number of benzene rings is 2. The van der Waals surface area contributed by atoms with Crippen LogP contribution in [-0.4, -0.2) is 49.1 Å². The van der Waals surface area contributed by atoms with E-state index < -0.39 is 30.6 Å². The third-order valence-electron chi connectivity index (χ3n) is 6.42. The standard InChI is InChI=1S/C24H26F3N3O2/c1-17-6-5-9-19-21(17)23(22(32)30(19)15-20(31)28-16-24(25,26)27)10-12-29(13-11-23)14-18-7-3-2-4-8-18/h2-9H,10-16H2,1H3,(H,28,31). The average molecular weight is 445 g/mol. The number of hydrogen-bond donors (Lipinski definition) is 1. The van der Waals surface area contributed by atoms with Gasteiger partial charge in [-0.2, -0.15) is 13.2 Å². The van der Waals surface area contributed by atoms with E-state index >= 15 is 0 Å². The lowest BCUT2D eigenvalue weighted by molar-refractivity contribution is -0.138. The van der Waals surface area contributed by atoms with Gasteiger partial charge in [-0.3, -0.25) is 14.5 Å². The number of aryl methyl sites for hydroxylation is 1. The normalized spacial score (nSPS) is 18.1. The number of fused-ring (bicyclic) bond motifs is 2. The number of carbonyl (C=O) groups excluding carboxylic acids is 2. The van der Waals surface area contributed by atoms with Gasteiger partial charge in [0.2, 0.25) is 11.8 Å². The first-order valence-corrected chi connectivity index (χ1v) is 10.7. The highest BCUT2D eigenvalue weighted by Gasteiger charge is 2.53. The third kappa shape index (κ3) is 4.37. The second-order valence-electron chi connectivity index (χ2n) is 8.60. The van der Waals surface area contributed by atoms with Crippen LogP contribution in [0.3, 0.4) is 0 Å². The molecule has 0 radical (unpaired) electrons. The van der Waals surface area contributed by atoms with Crippen LogP contribution >= 0.6 is 0 Å². The maximum Gasteiger partial charge on any atom is 0.405 e. The van der Waals surface area contributed by atoms with Crippen LogP contribution in [0.2, 0.25) is 0 Å². The fourth-order valence-electron chi connectivity index (χ4n) is 4.93. The van der Waals surface area contributed by atoms with E-state index in [1.165, 1.54) is 10.5 Å². The van der Waals surface area contributed by atoms with Crippen molar-refractivity contribution >= 4 is 17.5 Å². The van der Waals surface area contributed by atoms with Crippen molar-refractivity contribution in [2.75, 3.05) is 31.1 Å². The first-order valence-electron chi connectivity index (χ1n) is 10.7. The lowest BCUT2D eigenvalue weighted by Gasteiger charge is -2.39. The van der Waals surface area contributed by atoms with Gasteiger partial charge in [0.25, 0.3) is 0 Å². The quantitative estimate of drug-likeness (QED) is 0.766. The number of alkyl halides is 3. The number of hydrogen-bond acceptors (Lipinski definition) is 3. The first kappa shape index (κ1) is 22.3. The van der Waals surface area contributed by atoms with Crippen molar-refractivity contribution < 1.29 is 22.8 Å². The van der Waals surface area contributed by atoms with Crippen molar-refractivity contribution in [1.82, 2.24) is 10.2 Å². The van der Waals surface area contributed by atoms with E-state index in [0.29, 0.717) is 18.5 Å². The van der Waals surface area contributed by atoms with Gasteiger partial charge < -0.3 is 10.2 Å². The molecule has 5 nitrogen and oxygen atoms in total. The van der Waals surface area contributed by atoms with Gasteiger partial charge in [0, 0.05) is 12.2 Å². The third-order valence-corrected chi connectivity index (χ3v) is 6.42. The van der Waals surface area contributed by atoms with Crippen molar-refractivity contribution in [3.63, 3.8) is 0 Å². The molecule has 170 valence electrons. The zero-order valence-electron chi connectivity index (χ0n) is 17.9. The maximum atomic E-state index is 13.6. The zero-order chi connectivity index (χ0) is 22.9. The summed E-state index contributed by atoms with van der Waals surface area (Å²) in [6.07, 6.45) is -3.28. The van der Waals surface area contributed by atoms with Crippen LogP contribution in [0.25, 0.3) is 0 Å². The second-order valence-corrected chi connectivity index (χ2v) is 8.60. The molecule has 1 spiro atoms. The van der Waals surface area contributed by atoms with E-state index in [1.54, 1.807) is 6.07 Å². The molecule has 4 rings (SSSR count). The molecule has 8 heteroatoms. The summed E-state index contributed by atoms with van der Waals surface area (Å²) in [6.45, 7) is 2.37. The molecule has 1 fully saturated rings. The number of amides is 2. The summed E-state index contributed by atoms with van der Waals surface area (Å²) in [6, 6.07) is 15.7. The Morgan fingerprint density at radius 2 is 1.75 bits per heavy atom. The summed E-state index contributed by atoms with van der Waals surface area (Å²) in [5.74, 6) is -1.01. The number of nitrogens with zero attached hydrogens (tertiary/aromatic N) is 2. The molecule has 2 aliphatic heterocycles. The van der Waals surface area contributed by atoms with Crippen LogP contribution < -0.4 is 10.2 Å². The largest absolute Gasteiger partial charge is 0.405 e. The lowest BCUT2D eigenvalue weighted by Crippen LogP contribution is -2.50. The van der Waals surface area contributed by atoms with Gasteiger partial charge in [-0.15, -0.1) is 0 Å². The van der Waals surface area contributed by atoms with Gasteiger partial charge in [-0.05, 0) is 55.6 Å². The average Bonchev–Trinajstić information content (AvgIpc) is 2.98. The van der Waals surface area contributed by atoms with Gasteiger partial charge >= 0.3 is 6.18 Å². The first-order chi connectivity index (χ1) is 15.2. The molecule has 0 unspecified atom stereocenters. The molecular weight excluding hydrogens is 419 g/mol. The fourth-order valence-corrected chi connectivity index (χ4v) is 4.93. The van der Waals surface area contributed by atoms with Gasteiger partial charge in [-0.1, -0.05) is 42.5 Å². The molecule has 2 aromatic carbocycles. The van der Waals surface area contributed by atoms with Gasteiger partial charge in [-0.25, -0.2) is 0 Å². The molecule has 2 amide bonds. The minimum absolute atomic E-state index is 0.191. The molecule has 2 aromatic rings. The molecule has 0 bridgehead atoms. The molecule has 1 saturated heterocycles. The number of rotatable bonds is 5. The smallest absolute Gasteiger partial charge is 0.345 e. The Hall–Kier alpha value is -2.87. The molecular formula is C24H26F3N3O2. The number of piperidine rings is 1. The summed E-state index contributed by atoms with van der Waals surface area (Å²) >= 11 is 0. The predicted molar refractivity (Wildman–Crippen MR) is 115 cm³/mol. The fraction of sp³-hybridized carbons (Fsp3) is 0.417. The molecule has 2 aliphatic rings. The molecule has 32 heavy (non-hydrogen) atoms. The van der Waals surface area contributed by atoms with Crippen molar-refractivity contribution in [3.05, 3.63) is 65.2 Å². The predicted octanol–water partition coefficient (Wildman–Crippen LogP) is 3.55. The van der Waals surface area contributed by atoms with E-state index in [1.807, 2.05) is 42.6 Å². The number of nitrogens with one attached hydrogen (secondary N) is 1. The SMILES string of the molecule is Cc1cccc2c1C1(CCN(Cc3ccccc3)CC1)C(=O)N2CC(=O)NCC(F)(F)F. The minimum atomic E-state index is -4.49. The van der Waals surface area contributed by atoms with E-state index in [4.69, 9.17) is 0 Å². The van der Waals surface area contributed by atoms with E-state index in [9.17, 15) is 22.8 Å². The highest BCUT2D eigenvalue weighted by molar-refractivity contribution is 6.11. The summed E-state index contributed by atoms with van der Waals surface area (Å²) < 4.78 is 37.4. The van der Waals surface area contributed by atoms with Crippen LogP contribution in [0.5, 0.6) is 0 Å². The van der Waals surface area contributed by atoms with Gasteiger partial charge in [0.1, 0.15) is 13.1 Å². The zero-order valence-corrected chi connectivity index (χ0v) is 17.9. The van der Waals surface area contributed by atoms with Gasteiger partial charge in [0.05, 0.1) is 5.41 Å². The Morgan fingerprint density at radius 1 is 1.06 bits per heavy atom. The highest BCUT2D eigenvalue weighted by atomic mass is 19.4. The van der Waals surface area contributed by atoms with Crippen LogP contribution in [0.1, 0.15) is 29.5 Å². The van der Waals surface area contributed by atoms with Crippen molar-refractivity contribution in [1.29, 1.82) is 0 Å². The summed E-state index contributed by atoms with van der Waals surface area (Å²) in [7, 11) is 0. The number of anilines is 1. The number of carbonyl (C=O) groups is 2. The second kappa shape index (κ2) is 8.58. The Balaban J connectivity index is 1.52. The summed E-state index contributed by atoms with van der Waals surface area (Å²) in [4.78, 5) is 29.5. The van der Waals surface area contributed by atoms with Crippen molar-refractivity contribution in [2.45, 2.75) is 37.9 Å². The highest BCUT2D eigenvalue weighted by Crippen LogP contribution is 2.49. The molecule has 0 aliphatic carbocycles. The summed E-state index contributed by atoms with van der Waals surface area (Å²) in [5, 5.41) is 1.88. The topological polar surface area (TPSA) is 52.7 Å². The van der Waals surface area contributed by atoms with Crippen molar-refractivity contribution in [2.24, 2.45) is 0 Å². The van der Waals surface area contributed by atoms with E-state index in [0.717, 1.165) is 30.8 Å². The van der Waals surface area contributed by atoms with E-state index in [-0.39, 0.29) is 5.91 Å².